The number of hydrogen-bond acceptors (Lipinski definition) is 3. The van der Waals surface area contributed by atoms with Crippen LogP contribution in [0, 0.1) is 5.92 Å². The number of aromatic hydroxyl groups is 1. The van der Waals surface area contributed by atoms with Crippen molar-refractivity contribution in [3.63, 3.8) is 0 Å². The summed E-state index contributed by atoms with van der Waals surface area (Å²) in [5.41, 5.74) is 5.57. The van der Waals surface area contributed by atoms with E-state index in [1.807, 2.05) is 6.92 Å². The number of primary amides is 1. The summed E-state index contributed by atoms with van der Waals surface area (Å²) < 4.78 is 0.717. The molecule has 6 heteroatoms. The van der Waals surface area contributed by atoms with Gasteiger partial charge in [0.2, 0.25) is 5.91 Å². The Bertz CT molecular complexity index is 547. The zero-order valence-electron chi connectivity index (χ0n) is 11.2. The first-order chi connectivity index (χ1) is 9.40. The summed E-state index contributed by atoms with van der Waals surface area (Å²) in [6.07, 6.45) is 1.43. The summed E-state index contributed by atoms with van der Waals surface area (Å²) in [5.74, 6) is -1.04. The Balaban J connectivity index is 2.26. The van der Waals surface area contributed by atoms with Crippen LogP contribution in [0.1, 0.15) is 30.1 Å². The van der Waals surface area contributed by atoms with Crippen LogP contribution in [0.25, 0.3) is 0 Å². The van der Waals surface area contributed by atoms with Crippen molar-refractivity contribution in [1.82, 2.24) is 4.90 Å². The summed E-state index contributed by atoms with van der Waals surface area (Å²) in [4.78, 5) is 25.5. The lowest BCUT2D eigenvalue weighted by Gasteiger charge is -2.37. The monoisotopic (exact) mass is 340 g/mol. The van der Waals surface area contributed by atoms with E-state index in [0.29, 0.717) is 13.0 Å². The minimum Gasteiger partial charge on any atom is -0.507 e. The normalized spacial score (nSPS) is 22.6. The number of nitrogens with zero attached hydrogens (tertiary/aromatic N) is 1. The van der Waals surface area contributed by atoms with Crippen LogP contribution in [0.15, 0.2) is 22.7 Å². The van der Waals surface area contributed by atoms with Gasteiger partial charge in [-0.25, -0.2) is 0 Å². The molecular formula is C14H17BrN2O3. The third-order valence-electron chi connectivity index (χ3n) is 3.73. The van der Waals surface area contributed by atoms with Crippen LogP contribution in [0.4, 0.5) is 0 Å². The number of carbonyl (C=O) groups excluding carboxylic acids is 2. The van der Waals surface area contributed by atoms with Gasteiger partial charge in [0.05, 0.1) is 11.5 Å². The van der Waals surface area contributed by atoms with E-state index in [4.69, 9.17) is 5.73 Å². The lowest BCUT2D eigenvalue weighted by molar-refractivity contribution is -0.123. The molecule has 1 heterocycles. The highest BCUT2D eigenvalue weighted by molar-refractivity contribution is 9.10. The number of benzene rings is 1. The SMILES string of the molecule is CC1CCC(C(N)=O)CN1C(=O)c1cc(Br)ccc1O. The fraction of sp³-hybridized carbons (Fsp3) is 0.429. The number of phenolic OH excluding ortho intramolecular Hbond substituents is 1. The molecule has 3 N–H and O–H groups in total. The van der Waals surface area contributed by atoms with Gasteiger partial charge < -0.3 is 15.7 Å². The number of rotatable bonds is 2. The maximum atomic E-state index is 12.5. The quantitative estimate of drug-likeness (QED) is 0.862. The van der Waals surface area contributed by atoms with Crippen molar-refractivity contribution in [2.24, 2.45) is 11.7 Å². The number of piperidine rings is 1. The second kappa shape index (κ2) is 5.83. The largest absolute Gasteiger partial charge is 0.507 e. The van der Waals surface area contributed by atoms with E-state index in [1.165, 1.54) is 6.07 Å². The molecule has 108 valence electrons. The van der Waals surface area contributed by atoms with E-state index in [9.17, 15) is 14.7 Å². The van der Waals surface area contributed by atoms with E-state index in [-0.39, 0.29) is 35.1 Å². The summed E-state index contributed by atoms with van der Waals surface area (Å²) in [6, 6.07) is 4.74. The van der Waals surface area contributed by atoms with Crippen LogP contribution in [-0.4, -0.2) is 34.4 Å². The fourth-order valence-electron chi connectivity index (χ4n) is 2.46. The van der Waals surface area contributed by atoms with Gasteiger partial charge >= 0.3 is 0 Å². The summed E-state index contributed by atoms with van der Waals surface area (Å²) in [7, 11) is 0. The Labute approximate surface area is 125 Å². The minimum absolute atomic E-state index is 0.0245. The van der Waals surface area contributed by atoms with E-state index in [1.54, 1.807) is 17.0 Å². The molecule has 0 bridgehead atoms. The second-order valence-electron chi connectivity index (χ2n) is 5.14. The van der Waals surface area contributed by atoms with Crippen molar-refractivity contribution in [2.45, 2.75) is 25.8 Å². The zero-order chi connectivity index (χ0) is 14.9. The Morgan fingerprint density at radius 1 is 1.40 bits per heavy atom. The van der Waals surface area contributed by atoms with Gasteiger partial charge in [-0.2, -0.15) is 0 Å². The highest BCUT2D eigenvalue weighted by Gasteiger charge is 2.32. The molecule has 2 atom stereocenters. The number of nitrogens with two attached hydrogens (primary N) is 1. The third-order valence-corrected chi connectivity index (χ3v) is 4.23. The first-order valence-corrected chi connectivity index (χ1v) is 7.28. The van der Waals surface area contributed by atoms with Crippen LogP contribution in [-0.2, 0) is 4.79 Å². The molecule has 1 saturated heterocycles. The number of halogens is 1. The lowest BCUT2D eigenvalue weighted by atomic mass is 9.92. The van der Waals surface area contributed by atoms with Crippen molar-refractivity contribution in [3.05, 3.63) is 28.2 Å². The molecule has 2 rings (SSSR count). The van der Waals surface area contributed by atoms with Crippen LogP contribution >= 0.6 is 15.9 Å². The lowest BCUT2D eigenvalue weighted by Crippen LogP contribution is -2.48. The average Bonchev–Trinajstić information content (AvgIpc) is 2.41. The molecular weight excluding hydrogens is 324 g/mol. The van der Waals surface area contributed by atoms with Gasteiger partial charge in [0, 0.05) is 17.1 Å². The summed E-state index contributed by atoms with van der Waals surface area (Å²) >= 11 is 3.28. The van der Waals surface area contributed by atoms with Gasteiger partial charge in [0.15, 0.2) is 0 Å². The van der Waals surface area contributed by atoms with Crippen molar-refractivity contribution in [1.29, 1.82) is 0 Å². The average molecular weight is 341 g/mol. The van der Waals surface area contributed by atoms with Gasteiger partial charge in [-0.15, -0.1) is 0 Å². The zero-order valence-corrected chi connectivity index (χ0v) is 12.8. The first kappa shape index (κ1) is 14.8. The summed E-state index contributed by atoms with van der Waals surface area (Å²) in [5, 5.41) is 9.84. The molecule has 1 aliphatic heterocycles. The van der Waals surface area contributed by atoms with Gasteiger partial charge in [0.25, 0.3) is 5.91 Å². The Morgan fingerprint density at radius 2 is 2.10 bits per heavy atom. The molecule has 0 spiro atoms. The number of phenols is 1. The van der Waals surface area contributed by atoms with Crippen molar-refractivity contribution in [2.75, 3.05) is 6.54 Å². The van der Waals surface area contributed by atoms with Crippen LogP contribution < -0.4 is 5.73 Å². The molecule has 0 radical (unpaired) electrons. The molecule has 0 aliphatic carbocycles. The van der Waals surface area contributed by atoms with Crippen molar-refractivity contribution < 1.29 is 14.7 Å². The maximum absolute atomic E-state index is 12.5. The van der Waals surface area contributed by atoms with Gasteiger partial charge in [0.1, 0.15) is 5.75 Å². The predicted octanol–water partition coefficient (Wildman–Crippen LogP) is 1.88. The smallest absolute Gasteiger partial charge is 0.257 e. The molecule has 20 heavy (non-hydrogen) atoms. The number of amides is 2. The standard InChI is InChI=1S/C14H17BrN2O3/c1-8-2-3-9(13(16)19)7-17(8)14(20)11-6-10(15)4-5-12(11)18/h4-6,8-9,18H,2-3,7H2,1H3,(H2,16,19). The van der Waals surface area contributed by atoms with Crippen LogP contribution in [0.5, 0.6) is 5.75 Å². The molecule has 0 aromatic heterocycles. The van der Waals surface area contributed by atoms with E-state index < -0.39 is 0 Å². The number of carbonyl (C=O) groups is 2. The Hall–Kier alpha value is -1.56. The Morgan fingerprint density at radius 3 is 2.75 bits per heavy atom. The van der Waals surface area contributed by atoms with E-state index in [2.05, 4.69) is 15.9 Å². The predicted molar refractivity (Wildman–Crippen MR) is 78.2 cm³/mol. The molecule has 2 unspecified atom stereocenters. The second-order valence-corrected chi connectivity index (χ2v) is 6.06. The molecule has 1 aliphatic rings. The minimum atomic E-state index is -0.381. The van der Waals surface area contributed by atoms with E-state index in [0.717, 1.165) is 10.9 Å². The molecule has 1 aromatic carbocycles. The Kier molecular flexibility index (Phi) is 4.32. The van der Waals surface area contributed by atoms with Gasteiger partial charge in [-0.1, -0.05) is 15.9 Å². The van der Waals surface area contributed by atoms with Gasteiger partial charge in [-0.3, -0.25) is 9.59 Å². The number of likely N-dealkylation sites (tertiary alicyclic amines) is 1. The molecule has 2 amide bonds. The van der Waals surface area contributed by atoms with Crippen molar-refractivity contribution in [3.8, 4) is 5.75 Å². The third kappa shape index (κ3) is 2.95. The van der Waals surface area contributed by atoms with Crippen LogP contribution in [0.3, 0.4) is 0 Å². The number of hydrogen-bond donors (Lipinski definition) is 2. The highest BCUT2D eigenvalue weighted by atomic mass is 79.9. The fourth-order valence-corrected chi connectivity index (χ4v) is 2.82. The molecule has 1 fully saturated rings. The maximum Gasteiger partial charge on any atom is 0.257 e. The van der Waals surface area contributed by atoms with E-state index >= 15 is 0 Å². The topological polar surface area (TPSA) is 83.6 Å². The summed E-state index contributed by atoms with van der Waals surface area (Å²) in [6.45, 7) is 2.24. The molecule has 0 saturated carbocycles. The van der Waals surface area contributed by atoms with Crippen LogP contribution in [0.2, 0.25) is 0 Å². The van der Waals surface area contributed by atoms with Crippen molar-refractivity contribution >= 4 is 27.7 Å². The molecule has 1 aromatic rings. The highest BCUT2D eigenvalue weighted by Crippen LogP contribution is 2.28. The van der Waals surface area contributed by atoms with Gasteiger partial charge in [-0.05, 0) is 38.0 Å². The molecule has 5 nitrogen and oxygen atoms in total. The first-order valence-electron chi connectivity index (χ1n) is 6.49.